The summed E-state index contributed by atoms with van der Waals surface area (Å²) in [7, 11) is 0. The molecule has 0 amide bonds. The fourth-order valence-corrected chi connectivity index (χ4v) is 3.26. The molecule has 2 aromatic carbocycles. The van der Waals surface area contributed by atoms with E-state index in [1.165, 1.54) is 11.1 Å². The van der Waals surface area contributed by atoms with Crippen LogP contribution < -0.4 is 0 Å². The molecule has 2 heterocycles. The smallest absolute Gasteiger partial charge is 0.147 e. The minimum atomic E-state index is 0.547. The number of rotatable bonds is 8. The van der Waals surface area contributed by atoms with E-state index >= 15 is 0 Å². The zero-order chi connectivity index (χ0) is 21.3. The number of aromatic amines is 1. The third kappa shape index (κ3) is 6.11. The predicted octanol–water partition coefficient (Wildman–Crippen LogP) is 3.00. The summed E-state index contributed by atoms with van der Waals surface area (Å²) in [6.07, 6.45) is 4.28. The summed E-state index contributed by atoms with van der Waals surface area (Å²) in [6, 6.07) is 18.6. The molecule has 0 bridgehead atoms. The van der Waals surface area contributed by atoms with E-state index in [0.29, 0.717) is 19.6 Å². The van der Waals surface area contributed by atoms with Gasteiger partial charge in [-0.1, -0.05) is 59.9 Å². The van der Waals surface area contributed by atoms with Crippen LogP contribution in [0.5, 0.6) is 0 Å². The molecule has 31 heavy (non-hydrogen) atoms. The topological polar surface area (TPSA) is 75.5 Å². The molecular weight excluding hydrogens is 386 g/mol. The van der Waals surface area contributed by atoms with Gasteiger partial charge in [0.05, 0.1) is 19.6 Å². The molecule has 0 saturated heterocycles. The molecule has 0 aliphatic carbocycles. The van der Waals surface area contributed by atoms with Gasteiger partial charge in [0.15, 0.2) is 0 Å². The largest absolute Gasteiger partial charge is 0.330 e. The Kier molecular flexibility index (Phi) is 6.83. The average molecular weight is 412 g/mol. The summed E-state index contributed by atoms with van der Waals surface area (Å²) >= 11 is 0. The summed E-state index contributed by atoms with van der Waals surface area (Å²) in [5, 5.41) is 16.5. The van der Waals surface area contributed by atoms with Crippen molar-refractivity contribution in [3.05, 3.63) is 95.6 Å². The molecule has 2 aromatic heterocycles. The zero-order valence-corrected chi connectivity index (χ0v) is 17.6. The van der Waals surface area contributed by atoms with Crippen molar-refractivity contribution in [1.82, 2.24) is 34.8 Å². The van der Waals surface area contributed by atoms with E-state index in [1.54, 1.807) is 12.7 Å². The Morgan fingerprint density at radius 2 is 1.81 bits per heavy atom. The van der Waals surface area contributed by atoms with Crippen molar-refractivity contribution < 1.29 is 0 Å². The van der Waals surface area contributed by atoms with Gasteiger partial charge in [-0.2, -0.15) is 0 Å². The lowest BCUT2D eigenvalue weighted by Crippen LogP contribution is -2.27. The standard InChI is InChI=1S/C24H25N7/c1-20-9-11-22(12-10-20)13-15-30(16-23-25-18-26-28-23)17-24-29-27-19-31(24)14-5-8-21-6-3-2-4-7-21/h2-4,6-7,9-12,18-19H,13-17H2,1H3,(H,25,26,28). The highest BCUT2D eigenvalue weighted by Gasteiger charge is 2.13. The SMILES string of the molecule is Cc1ccc(CCN(Cc2nnc[nH]2)Cc2nncn2CC#Cc2ccccc2)cc1. The molecular formula is C24H25N7. The van der Waals surface area contributed by atoms with Crippen molar-refractivity contribution in [3.63, 3.8) is 0 Å². The molecule has 4 aromatic rings. The highest BCUT2D eigenvalue weighted by molar-refractivity contribution is 5.33. The second kappa shape index (κ2) is 10.3. The highest BCUT2D eigenvalue weighted by atomic mass is 15.3. The lowest BCUT2D eigenvalue weighted by Gasteiger charge is -2.20. The number of hydrogen-bond acceptors (Lipinski definition) is 5. The van der Waals surface area contributed by atoms with E-state index < -0.39 is 0 Å². The van der Waals surface area contributed by atoms with Crippen LogP contribution in [0, 0.1) is 18.8 Å². The zero-order valence-electron chi connectivity index (χ0n) is 17.6. The Morgan fingerprint density at radius 3 is 2.58 bits per heavy atom. The van der Waals surface area contributed by atoms with E-state index in [4.69, 9.17) is 0 Å². The van der Waals surface area contributed by atoms with Gasteiger partial charge in [0, 0.05) is 12.1 Å². The number of nitrogens with one attached hydrogen (secondary N) is 1. The van der Waals surface area contributed by atoms with Crippen LogP contribution in [0.2, 0.25) is 0 Å². The molecule has 0 aliphatic heterocycles. The van der Waals surface area contributed by atoms with Gasteiger partial charge in [0.1, 0.15) is 24.3 Å². The summed E-state index contributed by atoms with van der Waals surface area (Å²) in [4.78, 5) is 5.39. The van der Waals surface area contributed by atoms with Crippen molar-refractivity contribution in [1.29, 1.82) is 0 Å². The lowest BCUT2D eigenvalue weighted by molar-refractivity contribution is 0.244. The molecule has 0 fully saturated rings. The van der Waals surface area contributed by atoms with Crippen LogP contribution in [0.1, 0.15) is 28.3 Å². The van der Waals surface area contributed by atoms with Gasteiger partial charge in [-0.3, -0.25) is 4.90 Å². The van der Waals surface area contributed by atoms with Crippen LogP contribution in [-0.2, 0) is 26.1 Å². The van der Waals surface area contributed by atoms with Crippen LogP contribution in [-0.4, -0.2) is 41.4 Å². The first-order chi connectivity index (χ1) is 15.3. The lowest BCUT2D eigenvalue weighted by atomic mass is 10.1. The van der Waals surface area contributed by atoms with Gasteiger partial charge in [-0.15, -0.1) is 20.4 Å². The maximum Gasteiger partial charge on any atom is 0.147 e. The number of aromatic nitrogens is 6. The van der Waals surface area contributed by atoms with E-state index in [1.807, 2.05) is 34.9 Å². The Balaban J connectivity index is 1.43. The van der Waals surface area contributed by atoms with Crippen molar-refractivity contribution >= 4 is 0 Å². The predicted molar refractivity (Wildman–Crippen MR) is 119 cm³/mol. The monoisotopic (exact) mass is 411 g/mol. The van der Waals surface area contributed by atoms with E-state index in [9.17, 15) is 0 Å². The molecule has 0 aliphatic rings. The Hall–Kier alpha value is -3.76. The van der Waals surface area contributed by atoms with Gasteiger partial charge in [0.2, 0.25) is 0 Å². The molecule has 0 spiro atoms. The molecule has 0 atom stereocenters. The molecule has 0 radical (unpaired) electrons. The molecule has 0 saturated carbocycles. The molecule has 1 N–H and O–H groups in total. The Labute approximate surface area is 182 Å². The van der Waals surface area contributed by atoms with Crippen LogP contribution in [0.4, 0.5) is 0 Å². The quantitative estimate of drug-likeness (QED) is 0.451. The number of hydrogen-bond donors (Lipinski definition) is 1. The summed E-state index contributed by atoms with van der Waals surface area (Å²) in [5.41, 5.74) is 3.58. The number of benzene rings is 2. The van der Waals surface area contributed by atoms with Crippen molar-refractivity contribution in [2.24, 2.45) is 0 Å². The molecule has 7 nitrogen and oxygen atoms in total. The van der Waals surface area contributed by atoms with Crippen molar-refractivity contribution in [3.8, 4) is 11.8 Å². The summed E-state index contributed by atoms with van der Waals surface area (Å²) < 4.78 is 2.00. The first kappa shape index (κ1) is 20.5. The Morgan fingerprint density at radius 1 is 0.968 bits per heavy atom. The first-order valence-corrected chi connectivity index (χ1v) is 10.3. The van der Waals surface area contributed by atoms with Gasteiger partial charge >= 0.3 is 0 Å². The third-order valence-electron chi connectivity index (χ3n) is 4.99. The molecule has 4 rings (SSSR count). The normalized spacial score (nSPS) is 10.8. The minimum Gasteiger partial charge on any atom is -0.330 e. The summed E-state index contributed by atoms with van der Waals surface area (Å²) in [5.74, 6) is 8.11. The van der Waals surface area contributed by atoms with Crippen LogP contribution in [0.3, 0.4) is 0 Å². The van der Waals surface area contributed by atoms with E-state index in [-0.39, 0.29) is 0 Å². The van der Waals surface area contributed by atoms with E-state index in [0.717, 1.165) is 30.2 Å². The fraction of sp³-hybridized carbons (Fsp3) is 0.250. The Bertz CT molecular complexity index is 1120. The van der Waals surface area contributed by atoms with Gasteiger partial charge in [-0.05, 0) is 31.0 Å². The average Bonchev–Trinajstić information content (AvgIpc) is 3.46. The van der Waals surface area contributed by atoms with Crippen LogP contribution in [0.15, 0.2) is 67.3 Å². The van der Waals surface area contributed by atoms with Crippen LogP contribution >= 0.6 is 0 Å². The maximum absolute atomic E-state index is 4.33. The molecule has 7 heteroatoms. The third-order valence-corrected chi connectivity index (χ3v) is 4.99. The second-order valence-corrected chi connectivity index (χ2v) is 7.42. The summed E-state index contributed by atoms with van der Waals surface area (Å²) in [6.45, 7) is 4.83. The fourth-order valence-electron chi connectivity index (χ4n) is 3.26. The van der Waals surface area contributed by atoms with Crippen LogP contribution in [0.25, 0.3) is 0 Å². The number of nitrogens with zero attached hydrogens (tertiary/aromatic N) is 6. The van der Waals surface area contributed by atoms with Gasteiger partial charge < -0.3 is 9.55 Å². The van der Waals surface area contributed by atoms with Crippen molar-refractivity contribution in [2.75, 3.05) is 6.54 Å². The van der Waals surface area contributed by atoms with Gasteiger partial charge in [0.25, 0.3) is 0 Å². The number of H-pyrrole nitrogens is 1. The van der Waals surface area contributed by atoms with Gasteiger partial charge in [-0.25, -0.2) is 0 Å². The minimum absolute atomic E-state index is 0.547. The molecule has 156 valence electrons. The first-order valence-electron chi connectivity index (χ1n) is 10.3. The molecule has 0 unspecified atom stereocenters. The number of aryl methyl sites for hydroxylation is 1. The maximum atomic E-state index is 4.33. The second-order valence-electron chi connectivity index (χ2n) is 7.42. The highest BCUT2D eigenvalue weighted by Crippen LogP contribution is 2.10. The van der Waals surface area contributed by atoms with Crippen molar-refractivity contribution in [2.45, 2.75) is 33.0 Å². The van der Waals surface area contributed by atoms with E-state index in [2.05, 4.69) is 73.3 Å².